The van der Waals surface area contributed by atoms with Crippen molar-refractivity contribution in [2.24, 2.45) is 5.92 Å². The number of nitrogens with one attached hydrogen (secondary N) is 1. The normalized spacial score (nSPS) is 16.1. The van der Waals surface area contributed by atoms with Crippen molar-refractivity contribution >= 4 is 23.4 Å². The van der Waals surface area contributed by atoms with E-state index in [2.05, 4.69) is 15.5 Å². The first-order chi connectivity index (χ1) is 13.5. The summed E-state index contributed by atoms with van der Waals surface area (Å²) in [6.45, 7) is 1.62. The Morgan fingerprint density at radius 2 is 1.96 bits per heavy atom. The van der Waals surface area contributed by atoms with Gasteiger partial charge in [0.05, 0.1) is 5.25 Å². The highest BCUT2D eigenvalue weighted by Gasteiger charge is 2.22. The van der Waals surface area contributed by atoms with Crippen molar-refractivity contribution in [3.63, 3.8) is 0 Å². The molecule has 3 rings (SSSR count). The van der Waals surface area contributed by atoms with E-state index in [0.29, 0.717) is 16.9 Å². The van der Waals surface area contributed by atoms with Gasteiger partial charge in [-0.15, -0.1) is 10.2 Å². The summed E-state index contributed by atoms with van der Waals surface area (Å²) >= 11 is 1.10. The smallest absolute Gasteiger partial charge is 0.237 e. The molecule has 1 saturated carbocycles. The predicted octanol–water partition coefficient (Wildman–Crippen LogP) is 3.90. The Hall–Kier alpha value is -2.16. The van der Waals surface area contributed by atoms with E-state index in [9.17, 15) is 13.6 Å². The van der Waals surface area contributed by atoms with Crippen molar-refractivity contribution in [1.29, 1.82) is 0 Å². The molecular formula is C19H25F2N5OS. The van der Waals surface area contributed by atoms with Gasteiger partial charge in [0.25, 0.3) is 0 Å². The van der Waals surface area contributed by atoms with Gasteiger partial charge in [-0.1, -0.05) is 49.9 Å². The number of carbonyl (C=O) groups is 1. The summed E-state index contributed by atoms with van der Waals surface area (Å²) in [6.07, 6.45) is 8.18. The number of nitrogens with zero attached hydrogens (tertiary/aromatic N) is 3. The van der Waals surface area contributed by atoms with Gasteiger partial charge in [-0.3, -0.25) is 4.79 Å². The number of carbonyl (C=O) groups excluding carboxylic acids is 1. The molecule has 28 heavy (non-hydrogen) atoms. The molecule has 0 radical (unpaired) electrons. The van der Waals surface area contributed by atoms with Gasteiger partial charge in [0.15, 0.2) is 5.82 Å². The lowest BCUT2D eigenvalue weighted by molar-refractivity contribution is -0.115. The number of thioether (sulfide) groups is 1. The lowest BCUT2D eigenvalue weighted by Gasteiger charge is -2.20. The van der Waals surface area contributed by atoms with E-state index >= 15 is 0 Å². The number of benzene rings is 1. The lowest BCUT2D eigenvalue weighted by atomic mass is 9.86. The van der Waals surface area contributed by atoms with E-state index in [1.807, 2.05) is 0 Å². The summed E-state index contributed by atoms with van der Waals surface area (Å²) in [6, 6.07) is 3.42. The Morgan fingerprint density at radius 1 is 1.29 bits per heavy atom. The quantitative estimate of drug-likeness (QED) is 0.535. The Morgan fingerprint density at radius 3 is 2.64 bits per heavy atom. The Labute approximate surface area is 167 Å². The first-order valence-electron chi connectivity index (χ1n) is 9.56. The summed E-state index contributed by atoms with van der Waals surface area (Å²) in [5.41, 5.74) is -0.456. The molecule has 2 aromatic rings. The fourth-order valence-electron chi connectivity index (χ4n) is 3.42. The number of nitrogens with two attached hydrogens (primary N) is 1. The number of amides is 1. The second-order valence-corrected chi connectivity index (χ2v) is 8.47. The second kappa shape index (κ2) is 9.36. The maximum absolute atomic E-state index is 13.7. The molecule has 1 heterocycles. The lowest BCUT2D eigenvalue weighted by Crippen LogP contribution is -2.25. The standard InChI is InChI=1S/C19H25F2N5OS/c1-12(18(27)23-17-14(20)8-5-9-15(17)21)28-19-25-24-16(26(19)22)11-10-13-6-3-2-4-7-13/h5,8-9,12-13H,2-4,6-7,10-11,22H2,1H3,(H,23,27)/t12-/m0/s1. The van der Waals surface area contributed by atoms with Crippen LogP contribution in [0.5, 0.6) is 0 Å². The third-order valence-corrected chi connectivity index (χ3v) is 6.16. The number of halogens is 2. The minimum atomic E-state index is -0.822. The van der Waals surface area contributed by atoms with Crippen LogP contribution in [0.2, 0.25) is 0 Å². The van der Waals surface area contributed by atoms with E-state index in [4.69, 9.17) is 5.84 Å². The summed E-state index contributed by atoms with van der Waals surface area (Å²) in [4.78, 5) is 12.3. The summed E-state index contributed by atoms with van der Waals surface area (Å²) < 4.78 is 28.8. The van der Waals surface area contributed by atoms with Crippen LogP contribution in [0.15, 0.2) is 23.4 Å². The molecule has 3 N–H and O–H groups in total. The third kappa shape index (κ3) is 5.01. The predicted molar refractivity (Wildman–Crippen MR) is 105 cm³/mol. The Bertz CT molecular complexity index is 802. The zero-order valence-corrected chi connectivity index (χ0v) is 16.6. The van der Waals surface area contributed by atoms with Crippen LogP contribution in [0.25, 0.3) is 0 Å². The molecule has 1 amide bonds. The highest BCUT2D eigenvalue weighted by Crippen LogP contribution is 2.28. The van der Waals surface area contributed by atoms with E-state index in [1.165, 1.54) is 42.8 Å². The van der Waals surface area contributed by atoms with E-state index < -0.39 is 28.5 Å². The topological polar surface area (TPSA) is 85.8 Å². The number of nitrogen functional groups attached to an aromatic ring is 1. The van der Waals surface area contributed by atoms with Crippen LogP contribution in [0.4, 0.5) is 14.5 Å². The zero-order chi connectivity index (χ0) is 20.1. The summed E-state index contributed by atoms with van der Waals surface area (Å²) in [5, 5.41) is 10.2. The molecule has 9 heteroatoms. The van der Waals surface area contributed by atoms with Gasteiger partial charge in [-0.25, -0.2) is 13.5 Å². The van der Waals surface area contributed by atoms with Crippen LogP contribution < -0.4 is 11.2 Å². The number of rotatable bonds is 7. The van der Waals surface area contributed by atoms with Crippen molar-refractivity contribution < 1.29 is 13.6 Å². The van der Waals surface area contributed by atoms with E-state index in [1.54, 1.807) is 6.92 Å². The molecule has 152 valence electrons. The molecule has 1 fully saturated rings. The van der Waals surface area contributed by atoms with Gasteiger partial charge in [0.2, 0.25) is 11.1 Å². The van der Waals surface area contributed by atoms with Crippen LogP contribution in [0.1, 0.15) is 51.3 Å². The minimum absolute atomic E-state index is 0.398. The average molecular weight is 410 g/mol. The highest BCUT2D eigenvalue weighted by atomic mass is 32.2. The van der Waals surface area contributed by atoms with Crippen LogP contribution in [-0.2, 0) is 11.2 Å². The molecule has 0 aliphatic heterocycles. The van der Waals surface area contributed by atoms with E-state index in [0.717, 1.165) is 36.7 Å². The number of aryl methyl sites for hydroxylation is 1. The van der Waals surface area contributed by atoms with Crippen molar-refractivity contribution in [2.45, 2.75) is 62.3 Å². The SMILES string of the molecule is C[C@H](Sc1nnc(CCC2CCCCC2)n1N)C(=O)Nc1c(F)cccc1F. The number of hydrogen-bond donors (Lipinski definition) is 2. The van der Waals surface area contributed by atoms with Crippen molar-refractivity contribution in [2.75, 3.05) is 11.2 Å². The summed E-state index contributed by atoms with van der Waals surface area (Å²) in [7, 11) is 0. The number of para-hydroxylation sites is 1. The third-order valence-electron chi connectivity index (χ3n) is 5.10. The fraction of sp³-hybridized carbons (Fsp3) is 0.526. The molecule has 0 unspecified atom stereocenters. The van der Waals surface area contributed by atoms with Crippen molar-refractivity contribution in [1.82, 2.24) is 14.9 Å². The van der Waals surface area contributed by atoms with Gasteiger partial charge in [-0.2, -0.15) is 0 Å². The van der Waals surface area contributed by atoms with Gasteiger partial charge < -0.3 is 11.2 Å². The average Bonchev–Trinajstić information content (AvgIpc) is 3.03. The van der Waals surface area contributed by atoms with Crippen LogP contribution >= 0.6 is 11.8 Å². The number of hydrogen-bond acceptors (Lipinski definition) is 5. The highest BCUT2D eigenvalue weighted by molar-refractivity contribution is 8.00. The molecule has 1 aliphatic carbocycles. The molecular weight excluding hydrogens is 384 g/mol. The van der Waals surface area contributed by atoms with Gasteiger partial charge in [0, 0.05) is 6.42 Å². The molecule has 0 saturated heterocycles. The molecule has 1 aromatic heterocycles. The first-order valence-corrected chi connectivity index (χ1v) is 10.4. The molecule has 6 nitrogen and oxygen atoms in total. The largest absolute Gasteiger partial charge is 0.336 e. The number of aromatic nitrogens is 3. The molecule has 1 aliphatic rings. The van der Waals surface area contributed by atoms with Crippen molar-refractivity contribution in [3.05, 3.63) is 35.7 Å². The molecule has 1 atom stereocenters. The Kier molecular flexibility index (Phi) is 6.88. The number of anilines is 1. The second-order valence-electron chi connectivity index (χ2n) is 7.16. The Balaban J connectivity index is 1.57. The van der Waals surface area contributed by atoms with Gasteiger partial charge in [0.1, 0.15) is 17.3 Å². The van der Waals surface area contributed by atoms with Crippen LogP contribution in [0.3, 0.4) is 0 Å². The summed E-state index contributed by atoms with van der Waals surface area (Å²) in [5.74, 6) is 5.29. The van der Waals surface area contributed by atoms with Crippen LogP contribution in [-0.4, -0.2) is 26.0 Å². The van der Waals surface area contributed by atoms with E-state index in [-0.39, 0.29) is 0 Å². The first kappa shape index (κ1) is 20.6. The molecule has 0 bridgehead atoms. The van der Waals surface area contributed by atoms with Crippen LogP contribution in [0, 0.1) is 17.6 Å². The molecule has 0 spiro atoms. The maximum atomic E-state index is 13.7. The fourth-order valence-corrected chi connectivity index (χ4v) is 4.21. The molecule has 1 aromatic carbocycles. The zero-order valence-electron chi connectivity index (χ0n) is 15.8. The van der Waals surface area contributed by atoms with Gasteiger partial charge in [-0.05, 0) is 31.4 Å². The maximum Gasteiger partial charge on any atom is 0.237 e. The minimum Gasteiger partial charge on any atom is -0.336 e. The monoisotopic (exact) mass is 409 g/mol. The van der Waals surface area contributed by atoms with Crippen molar-refractivity contribution in [3.8, 4) is 0 Å². The van der Waals surface area contributed by atoms with Gasteiger partial charge >= 0.3 is 0 Å².